The highest BCUT2D eigenvalue weighted by molar-refractivity contribution is 8.18. The molecule has 7 nitrogen and oxygen atoms in total. The van der Waals surface area contributed by atoms with Crippen LogP contribution in [-0.2, 0) is 23.8 Å². The van der Waals surface area contributed by atoms with E-state index >= 15 is 0 Å². The van der Waals surface area contributed by atoms with Crippen molar-refractivity contribution in [3.05, 3.63) is 87.8 Å². The maximum atomic E-state index is 13.5. The van der Waals surface area contributed by atoms with Gasteiger partial charge < -0.3 is 24.0 Å². The zero-order valence-corrected chi connectivity index (χ0v) is 24.9. The number of hydrogen-bond donors (Lipinski definition) is 0. The summed E-state index contributed by atoms with van der Waals surface area (Å²) in [5.74, 6) is 0.624. The Labute approximate surface area is 259 Å². The summed E-state index contributed by atoms with van der Waals surface area (Å²) in [5.41, 5.74) is -1.68. The molecule has 3 aromatic rings. The van der Waals surface area contributed by atoms with Gasteiger partial charge in [0.25, 0.3) is 5.91 Å². The SMILES string of the molecule is COc1ccc(N2CCN(C3=NC(=O)/C(=C/c4ccc(OCc5ccc(C(F)(F)F)cc5C(F)(F)F)c(OC)c4)S3)CC2)cc1. The first-order valence-electron chi connectivity index (χ1n) is 13.6. The summed E-state index contributed by atoms with van der Waals surface area (Å²) in [6, 6.07) is 13.8. The Morgan fingerprint density at radius 1 is 0.822 bits per heavy atom. The molecule has 0 saturated carbocycles. The minimum atomic E-state index is -5.02. The molecule has 1 saturated heterocycles. The van der Waals surface area contributed by atoms with Gasteiger partial charge >= 0.3 is 12.4 Å². The van der Waals surface area contributed by atoms with Gasteiger partial charge in [-0.25, -0.2) is 0 Å². The van der Waals surface area contributed by atoms with Crippen molar-refractivity contribution in [1.29, 1.82) is 0 Å². The smallest absolute Gasteiger partial charge is 0.416 e. The van der Waals surface area contributed by atoms with Crippen molar-refractivity contribution < 1.29 is 45.3 Å². The van der Waals surface area contributed by atoms with E-state index in [1.54, 1.807) is 25.3 Å². The second-order valence-corrected chi connectivity index (χ2v) is 11.1. The van der Waals surface area contributed by atoms with E-state index in [-0.39, 0.29) is 17.6 Å². The number of benzene rings is 3. The van der Waals surface area contributed by atoms with Crippen LogP contribution < -0.4 is 19.1 Å². The number of carbonyl (C=O) groups excluding carboxylic acids is 1. The van der Waals surface area contributed by atoms with E-state index in [0.717, 1.165) is 30.6 Å². The normalized spacial score (nSPS) is 16.7. The van der Waals surface area contributed by atoms with E-state index in [4.69, 9.17) is 14.2 Å². The molecule has 0 radical (unpaired) electrons. The number of methoxy groups -OCH3 is 2. The van der Waals surface area contributed by atoms with Crippen LogP contribution in [0.3, 0.4) is 0 Å². The van der Waals surface area contributed by atoms with Gasteiger partial charge in [0.15, 0.2) is 16.7 Å². The standard InChI is InChI=1S/C31H27F6N3O4S/c1-42-23-8-6-22(7-9-23)39-11-13-40(14-12-39)29-38-28(41)27(45-29)16-19-3-10-25(26(15-19)43-2)44-18-20-4-5-21(30(32,33)34)17-24(20)31(35,36)37/h3-10,15-17H,11-14,18H2,1-2H3/b27-16-. The number of carbonyl (C=O) groups is 1. The van der Waals surface area contributed by atoms with Gasteiger partial charge in [-0.1, -0.05) is 12.1 Å². The van der Waals surface area contributed by atoms with E-state index in [2.05, 4.69) is 14.8 Å². The van der Waals surface area contributed by atoms with E-state index in [1.165, 1.54) is 24.9 Å². The third kappa shape index (κ3) is 7.49. The fourth-order valence-corrected chi connectivity index (χ4v) is 5.79. The molecule has 0 atom stereocenters. The molecule has 0 unspecified atom stereocenters. The first-order valence-corrected chi connectivity index (χ1v) is 14.4. The molecular formula is C31H27F6N3O4S. The van der Waals surface area contributed by atoms with Crippen molar-refractivity contribution in [2.24, 2.45) is 4.99 Å². The number of nitrogens with zero attached hydrogens (tertiary/aromatic N) is 3. The summed E-state index contributed by atoms with van der Waals surface area (Å²) >= 11 is 1.25. The molecule has 45 heavy (non-hydrogen) atoms. The summed E-state index contributed by atoms with van der Waals surface area (Å²) < 4.78 is 95.6. The van der Waals surface area contributed by atoms with Crippen molar-refractivity contribution >= 4 is 34.6 Å². The van der Waals surface area contributed by atoms with Gasteiger partial charge in [0.1, 0.15) is 12.4 Å². The number of ether oxygens (including phenoxy) is 3. The average molecular weight is 652 g/mol. The van der Waals surface area contributed by atoms with Gasteiger partial charge in [0, 0.05) is 37.4 Å². The second-order valence-electron chi connectivity index (χ2n) is 10.0. The molecular weight excluding hydrogens is 624 g/mol. The predicted octanol–water partition coefficient (Wildman–Crippen LogP) is 7.11. The zero-order chi connectivity index (χ0) is 32.4. The highest BCUT2D eigenvalue weighted by atomic mass is 32.2. The minimum absolute atomic E-state index is 0.0681. The first kappa shape index (κ1) is 32.1. The van der Waals surface area contributed by atoms with Crippen molar-refractivity contribution in [2.45, 2.75) is 19.0 Å². The van der Waals surface area contributed by atoms with Gasteiger partial charge in [0.2, 0.25) is 0 Å². The molecule has 3 aromatic carbocycles. The predicted molar refractivity (Wildman–Crippen MR) is 159 cm³/mol. The lowest BCUT2D eigenvalue weighted by molar-refractivity contribution is -0.143. The Morgan fingerprint density at radius 3 is 2.13 bits per heavy atom. The van der Waals surface area contributed by atoms with Gasteiger partial charge in [0.05, 0.1) is 30.3 Å². The second kappa shape index (κ2) is 13.0. The monoisotopic (exact) mass is 651 g/mol. The lowest BCUT2D eigenvalue weighted by Crippen LogP contribution is -2.47. The maximum Gasteiger partial charge on any atom is 0.416 e. The van der Waals surface area contributed by atoms with Crippen LogP contribution in [0.2, 0.25) is 0 Å². The fraction of sp³-hybridized carbons (Fsp3) is 0.290. The summed E-state index contributed by atoms with van der Waals surface area (Å²) in [6.45, 7) is 2.19. The number of amides is 1. The van der Waals surface area contributed by atoms with Gasteiger partial charge in [-0.05, 0) is 71.9 Å². The molecule has 238 valence electrons. The molecule has 0 aromatic heterocycles. The molecule has 0 N–H and O–H groups in total. The number of piperazine rings is 1. The number of thioether (sulfide) groups is 1. The van der Waals surface area contributed by atoms with Crippen LogP contribution in [-0.4, -0.2) is 56.4 Å². The Kier molecular flexibility index (Phi) is 9.23. The molecule has 0 spiro atoms. The average Bonchev–Trinajstić information content (AvgIpc) is 3.39. The van der Waals surface area contributed by atoms with Crippen molar-refractivity contribution in [3.8, 4) is 17.2 Å². The van der Waals surface area contributed by atoms with E-state index in [0.29, 0.717) is 34.8 Å². The number of alkyl halides is 6. The third-order valence-electron chi connectivity index (χ3n) is 7.21. The Balaban J connectivity index is 1.23. The van der Waals surface area contributed by atoms with Crippen molar-refractivity contribution in [1.82, 2.24) is 4.90 Å². The minimum Gasteiger partial charge on any atom is -0.497 e. The number of anilines is 1. The number of halogens is 6. The van der Waals surface area contributed by atoms with Gasteiger partial charge in [-0.15, -0.1) is 0 Å². The first-order chi connectivity index (χ1) is 21.4. The van der Waals surface area contributed by atoms with Gasteiger partial charge in [-0.3, -0.25) is 4.79 Å². The largest absolute Gasteiger partial charge is 0.497 e. The van der Waals surface area contributed by atoms with Crippen LogP contribution in [0, 0.1) is 0 Å². The van der Waals surface area contributed by atoms with Crippen LogP contribution in [0.1, 0.15) is 22.3 Å². The fourth-order valence-electron chi connectivity index (χ4n) is 4.82. The molecule has 1 fully saturated rings. The third-order valence-corrected chi connectivity index (χ3v) is 8.25. The highest BCUT2D eigenvalue weighted by Crippen LogP contribution is 2.39. The summed E-state index contributed by atoms with van der Waals surface area (Å²) in [4.78, 5) is 21.6. The van der Waals surface area contributed by atoms with Crippen LogP contribution in [0.25, 0.3) is 6.08 Å². The van der Waals surface area contributed by atoms with Crippen LogP contribution in [0.15, 0.2) is 70.6 Å². The molecule has 14 heteroatoms. The van der Waals surface area contributed by atoms with E-state index in [9.17, 15) is 31.1 Å². The summed E-state index contributed by atoms with van der Waals surface area (Å²) in [7, 11) is 2.95. The lowest BCUT2D eigenvalue weighted by atomic mass is 10.0. The van der Waals surface area contributed by atoms with E-state index < -0.39 is 41.6 Å². The van der Waals surface area contributed by atoms with Crippen LogP contribution >= 0.6 is 11.8 Å². The lowest BCUT2D eigenvalue weighted by Gasteiger charge is -2.36. The van der Waals surface area contributed by atoms with Crippen LogP contribution in [0.4, 0.5) is 32.0 Å². The highest BCUT2D eigenvalue weighted by Gasteiger charge is 2.38. The van der Waals surface area contributed by atoms with Gasteiger partial charge in [-0.2, -0.15) is 31.3 Å². The Bertz CT molecular complexity index is 1610. The molecule has 2 heterocycles. The Hall–Kier alpha value is -4.33. The van der Waals surface area contributed by atoms with Crippen molar-refractivity contribution in [2.75, 3.05) is 45.3 Å². The molecule has 2 aliphatic rings. The van der Waals surface area contributed by atoms with Crippen molar-refractivity contribution in [3.63, 3.8) is 0 Å². The summed E-state index contributed by atoms with van der Waals surface area (Å²) in [6.07, 6.45) is -8.32. The number of hydrogen-bond acceptors (Lipinski definition) is 7. The molecule has 0 bridgehead atoms. The maximum absolute atomic E-state index is 13.5. The zero-order valence-electron chi connectivity index (χ0n) is 24.0. The van der Waals surface area contributed by atoms with E-state index in [1.807, 2.05) is 24.3 Å². The Morgan fingerprint density at radius 2 is 1.51 bits per heavy atom. The van der Waals surface area contributed by atoms with Crippen LogP contribution in [0.5, 0.6) is 17.2 Å². The quantitative estimate of drug-likeness (QED) is 0.199. The summed E-state index contributed by atoms with van der Waals surface area (Å²) in [5, 5.41) is 0.601. The molecule has 2 aliphatic heterocycles. The number of rotatable bonds is 7. The molecule has 1 amide bonds. The molecule has 5 rings (SSSR count). The number of aliphatic imine (C=N–C) groups is 1. The number of amidine groups is 1. The topological polar surface area (TPSA) is 63.6 Å². The molecule has 0 aliphatic carbocycles.